The fourth-order valence-corrected chi connectivity index (χ4v) is 1.03. The van der Waals surface area contributed by atoms with Crippen LogP contribution in [0.2, 0.25) is 0 Å². The number of rotatable bonds is 1. The fraction of sp³-hybridized carbons (Fsp3) is 0.125. The van der Waals surface area contributed by atoms with Gasteiger partial charge < -0.3 is 5.32 Å². The van der Waals surface area contributed by atoms with Crippen molar-refractivity contribution >= 4 is 11.7 Å². The number of hydrogen-bond donors (Lipinski definition) is 1. The van der Waals surface area contributed by atoms with Gasteiger partial charge >= 0.3 is 0 Å². The Morgan fingerprint density at radius 1 is 1.50 bits per heavy atom. The van der Waals surface area contributed by atoms with Crippen molar-refractivity contribution in [3.63, 3.8) is 0 Å². The summed E-state index contributed by atoms with van der Waals surface area (Å²) in [7, 11) is 0. The van der Waals surface area contributed by atoms with Crippen LogP contribution in [0.5, 0.6) is 0 Å². The minimum Gasteiger partial charge on any atom is -0.309 e. The van der Waals surface area contributed by atoms with E-state index in [0.717, 1.165) is 5.56 Å². The molecule has 0 aromatic carbocycles. The van der Waals surface area contributed by atoms with E-state index in [9.17, 15) is 4.79 Å². The number of amides is 1. The summed E-state index contributed by atoms with van der Waals surface area (Å²) >= 11 is 0. The lowest BCUT2D eigenvalue weighted by Crippen LogP contribution is -2.25. The van der Waals surface area contributed by atoms with Gasteiger partial charge in [0.1, 0.15) is 12.4 Å². The molecule has 1 N–H and O–H groups in total. The molecule has 0 saturated carbocycles. The zero-order valence-corrected chi connectivity index (χ0v) is 6.32. The summed E-state index contributed by atoms with van der Waals surface area (Å²) in [5, 5.41) is 2.64. The second-order valence-corrected chi connectivity index (χ2v) is 2.45. The van der Waals surface area contributed by atoms with E-state index < -0.39 is 0 Å². The predicted octanol–water partition coefficient (Wildman–Crippen LogP) is -0.0420. The fourth-order valence-electron chi connectivity index (χ4n) is 1.03. The van der Waals surface area contributed by atoms with E-state index in [4.69, 9.17) is 0 Å². The van der Waals surface area contributed by atoms with Gasteiger partial charge in [0.2, 0.25) is 5.91 Å². The number of pyridine rings is 1. The zero-order valence-electron chi connectivity index (χ0n) is 6.32. The van der Waals surface area contributed by atoms with Crippen LogP contribution < -0.4 is 5.32 Å². The maximum absolute atomic E-state index is 10.8. The molecular formula is C8H7N3O. The highest BCUT2D eigenvalue weighted by Crippen LogP contribution is 2.00. The third kappa shape index (κ3) is 1.18. The van der Waals surface area contributed by atoms with Crippen molar-refractivity contribution in [1.82, 2.24) is 10.3 Å². The van der Waals surface area contributed by atoms with Gasteiger partial charge in [0.25, 0.3) is 0 Å². The molecule has 0 aliphatic carbocycles. The molecule has 0 unspecified atom stereocenters. The van der Waals surface area contributed by atoms with E-state index in [1.165, 1.54) is 0 Å². The summed E-state index contributed by atoms with van der Waals surface area (Å²) in [5.74, 6) is 0.557. The van der Waals surface area contributed by atoms with Crippen LogP contribution in [0.4, 0.5) is 0 Å². The number of aromatic nitrogens is 1. The van der Waals surface area contributed by atoms with Crippen LogP contribution in [0, 0.1) is 0 Å². The first-order valence-corrected chi connectivity index (χ1v) is 3.61. The molecule has 12 heavy (non-hydrogen) atoms. The molecule has 4 heteroatoms. The van der Waals surface area contributed by atoms with E-state index in [-0.39, 0.29) is 12.5 Å². The summed E-state index contributed by atoms with van der Waals surface area (Å²) in [6.07, 6.45) is 3.35. The van der Waals surface area contributed by atoms with E-state index in [1.54, 1.807) is 12.4 Å². The van der Waals surface area contributed by atoms with Crippen LogP contribution in [0.25, 0.3) is 0 Å². The molecule has 1 aromatic rings. The smallest absolute Gasteiger partial charge is 0.247 e. The number of nitrogens with zero attached hydrogens (tertiary/aromatic N) is 2. The van der Waals surface area contributed by atoms with Crippen LogP contribution >= 0.6 is 0 Å². The van der Waals surface area contributed by atoms with Gasteiger partial charge in [-0.05, 0) is 12.1 Å². The molecule has 2 heterocycles. The molecule has 0 bridgehead atoms. The number of nitrogens with one attached hydrogen (secondary N) is 1. The average molecular weight is 161 g/mol. The monoisotopic (exact) mass is 161 g/mol. The Morgan fingerprint density at radius 2 is 2.42 bits per heavy atom. The van der Waals surface area contributed by atoms with Gasteiger partial charge in [-0.2, -0.15) is 0 Å². The lowest BCUT2D eigenvalue weighted by atomic mass is 10.3. The summed E-state index contributed by atoms with van der Waals surface area (Å²) in [5.41, 5.74) is 0.850. The highest BCUT2D eigenvalue weighted by molar-refractivity contribution is 6.12. The molecule has 0 saturated heterocycles. The number of aliphatic imine (C=N–C) groups is 1. The third-order valence-electron chi connectivity index (χ3n) is 1.57. The minimum absolute atomic E-state index is 0.0612. The van der Waals surface area contributed by atoms with E-state index in [2.05, 4.69) is 15.3 Å². The van der Waals surface area contributed by atoms with Crippen LogP contribution in [0.1, 0.15) is 5.56 Å². The molecule has 1 amide bonds. The van der Waals surface area contributed by atoms with Crippen LogP contribution in [-0.4, -0.2) is 23.3 Å². The van der Waals surface area contributed by atoms with Gasteiger partial charge in [-0.1, -0.05) is 0 Å². The van der Waals surface area contributed by atoms with Crippen molar-refractivity contribution in [3.05, 3.63) is 30.1 Å². The molecule has 4 nitrogen and oxygen atoms in total. The summed E-state index contributed by atoms with van der Waals surface area (Å²) in [6.45, 7) is 0.226. The molecule has 0 fully saturated rings. The van der Waals surface area contributed by atoms with Gasteiger partial charge in [-0.15, -0.1) is 0 Å². The number of amidine groups is 1. The quantitative estimate of drug-likeness (QED) is 0.628. The van der Waals surface area contributed by atoms with Gasteiger partial charge in [0, 0.05) is 18.0 Å². The highest BCUT2D eigenvalue weighted by Gasteiger charge is 2.13. The van der Waals surface area contributed by atoms with Gasteiger partial charge in [0.05, 0.1) is 0 Å². The van der Waals surface area contributed by atoms with Gasteiger partial charge in [0.15, 0.2) is 0 Å². The van der Waals surface area contributed by atoms with E-state index in [1.807, 2.05) is 12.1 Å². The van der Waals surface area contributed by atoms with Crippen molar-refractivity contribution in [2.24, 2.45) is 4.99 Å². The van der Waals surface area contributed by atoms with Crippen LogP contribution in [0.15, 0.2) is 29.5 Å². The molecule has 0 radical (unpaired) electrons. The Labute approximate surface area is 69.3 Å². The topological polar surface area (TPSA) is 54.4 Å². The zero-order chi connectivity index (χ0) is 8.39. The number of carbonyl (C=O) groups excluding carboxylic acids is 1. The maximum atomic E-state index is 10.8. The normalized spacial score (nSPS) is 15.7. The summed E-state index contributed by atoms with van der Waals surface area (Å²) < 4.78 is 0. The average Bonchev–Trinajstić information content (AvgIpc) is 2.54. The van der Waals surface area contributed by atoms with Crippen molar-refractivity contribution < 1.29 is 4.79 Å². The second-order valence-electron chi connectivity index (χ2n) is 2.45. The molecule has 0 spiro atoms. The Balaban J connectivity index is 2.28. The molecule has 1 aliphatic rings. The molecular weight excluding hydrogens is 154 g/mol. The standard InChI is InChI=1S/C8H7N3O/c12-7-5-10-8(11-7)6-2-1-3-9-4-6/h1-4H,5H2,(H,10,11,12). The first kappa shape index (κ1) is 6.97. The second kappa shape index (κ2) is 2.73. The molecule has 0 atom stereocenters. The first-order chi connectivity index (χ1) is 5.86. The highest BCUT2D eigenvalue weighted by atomic mass is 16.2. The number of carbonyl (C=O) groups is 1. The van der Waals surface area contributed by atoms with Crippen molar-refractivity contribution in [3.8, 4) is 0 Å². The van der Waals surface area contributed by atoms with Crippen molar-refractivity contribution in [2.75, 3.05) is 6.54 Å². The lowest BCUT2D eigenvalue weighted by Gasteiger charge is -1.98. The van der Waals surface area contributed by atoms with E-state index >= 15 is 0 Å². The van der Waals surface area contributed by atoms with Gasteiger partial charge in [-0.3, -0.25) is 14.8 Å². The van der Waals surface area contributed by atoms with Gasteiger partial charge in [-0.25, -0.2) is 0 Å². The largest absolute Gasteiger partial charge is 0.309 e. The molecule has 2 rings (SSSR count). The Kier molecular flexibility index (Phi) is 1.59. The Bertz CT molecular complexity index is 331. The predicted molar refractivity (Wildman–Crippen MR) is 43.8 cm³/mol. The summed E-state index contributed by atoms with van der Waals surface area (Å²) in [6, 6.07) is 3.67. The van der Waals surface area contributed by atoms with E-state index in [0.29, 0.717) is 5.84 Å². The SMILES string of the molecule is O=C1CN=C(c2cccnc2)N1. The maximum Gasteiger partial charge on any atom is 0.247 e. The first-order valence-electron chi connectivity index (χ1n) is 3.61. The Hall–Kier alpha value is -1.71. The molecule has 60 valence electrons. The summed E-state index contributed by atoms with van der Waals surface area (Å²) in [4.78, 5) is 18.7. The minimum atomic E-state index is -0.0612. The third-order valence-corrected chi connectivity index (χ3v) is 1.57. The van der Waals surface area contributed by atoms with Crippen LogP contribution in [0.3, 0.4) is 0 Å². The van der Waals surface area contributed by atoms with Crippen molar-refractivity contribution in [2.45, 2.75) is 0 Å². The molecule has 1 aromatic heterocycles. The number of hydrogen-bond acceptors (Lipinski definition) is 3. The Morgan fingerprint density at radius 3 is 3.00 bits per heavy atom. The molecule has 1 aliphatic heterocycles. The lowest BCUT2D eigenvalue weighted by molar-refractivity contribution is -0.117. The van der Waals surface area contributed by atoms with Crippen molar-refractivity contribution in [1.29, 1.82) is 0 Å². The van der Waals surface area contributed by atoms with Crippen LogP contribution in [-0.2, 0) is 4.79 Å².